The first kappa shape index (κ1) is 19.0. The summed E-state index contributed by atoms with van der Waals surface area (Å²) in [4.78, 5) is 31.5. The molecule has 5 rings (SSSR count). The lowest BCUT2D eigenvalue weighted by Gasteiger charge is -2.31. The van der Waals surface area contributed by atoms with Gasteiger partial charge in [0.15, 0.2) is 11.4 Å². The van der Waals surface area contributed by atoms with Crippen LogP contribution in [0.3, 0.4) is 0 Å². The Morgan fingerprint density at radius 2 is 1.84 bits per heavy atom. The number of furan rings is 1. The molecule has 1 aliphatic heterocycles. The molecule has 3 aromatic heterocycles. The van der Waals surface area contributed by atoms with E-state index in [2.05, 4.69) is 15.4 Å². The molecular formula is C23H21N5O3. The second-order valence-electron chi connectivity index (χ2n) is 7.51. The summed E-state index contributed by atoms with van der Waals surface area (Å²) in [6.45, 7) is 1.13. The highest BCUT2D eigenvalue weighted by Gasteiger charge is 2.27. The van der Waals surface area contributed by atoms with Crippen molar-refractivity contribution in [3.05, 3.63) is 78.5 Å². The van der Waals surface area contributed by atoms with Gasteiger partial charge in [-0.2, -0.15) is 5.10 Å². The summed E-state index contributed by atoms with van der Waals surface area (Å²) >= 11 is 0. The molecule has 2 amide bonds. The second kappa shape index (κ2) is 8.06. The van der Waals surface area contributed by atoms with E-state index in [1.807, 2.05) is 36.4 Å². The van der Waals surface area contributed by atoms with Gasteiger partial charge in [-0.3, -0.25) is 9.59 Å². The van der Waals surface area contributed by atoms with Crippen LogP contribution in [0.2, 0.25) is 0 Å². The lowest BCUT2D eigenvalue weighted by atomic mass is 10.0. The molecular weight excluding hydrogens is 394 g/mol. The number of likely N-dealkylation sites (tertiary alicyclic amines) is 1. The van der Waals surface area contributed by atoms with Crippen LogP contribution in [-0.4, -0.2) is 50.4 Å². The molecule has 0 saturated carbocycles. The van der Waals surface area contributed by atoms with E-state index in [9.17, 15) is 9.59 Å². The van der Waals surface area contributed by atoms with Crippen molar-refractivity contribution in [3.63, 3.8) is 0 Å². The zero-order valence-electron chi connectivity index (χ0n) is 16.8. The topological polar surface area (TPSA) is 92.7 Å². The largest absolute Gasteiger partial charge is 0.459 e. The molecule has 1 aliphatic rings. The zero-order valence-corrected chi connectivity index (χ0v) is 16.8. The minimum Gasteiger partial charge on any atom is -0.459 e. The number of hydrogen-bond donors (Lipinski definition) is 1. The fourth-order valence-corrected chi connectivity index (χ4v) is 3.93. The molecule has 0 radical (unpaired) electrons. The maximum atomic E-state index is 12.9. The summed E-state index contributed by atoms with van der Waals surface area (Å²) in [5.74, 6) is 0.0210. The van der Waals surface area contributed by atoms with Crippen molar-refractivity contribution in [1.82, 2.24) is 24.8 Å². The Bertz CT molecular complexity index is 1210. The number of hydrogen-bond acceptors (Lipinski definition) is 5. The van der Waals surface area contributed by atoms with E-state index >= 15 is 0 Å². The predicted molar refractivity (Wildman–Crippen MR) is 114 cm³/mol. The molecule has 1 fully saturated rings. The maximum absolute atomic E-state index is 12.9. The summed E-state index contributed by atoms with van der Waals surface area (Å²) in [6.07, 6.45) is 6.10. The number of piperidine rings is 1. The van der Waals surface area contributed by atoms with E-state index in [1.165, 1.54) is 6.26 Å². The van der Waals surface area contributed by atoms with Gasteiger partial charge in [0.1, 0.15) is 5.56 Å². The van der Waals surface area contributed by atoms with Gasteiger partial charge in [0.2, 0.25) is 0 Å². The third kappa shape index (κ3) is 3.68. The predicted octanol–water partition coefficient (Wildman–Crippen LogP) is 3.02. The number of carbonyl (C=O) groups is 2. The van der Waals surface area contributed by atoms with Crippen molar-refractivity contribution < 1.29 is 14.0 Å². The third-order valence-corrected chi connectivity index (χ3v) is 5.56. The molecule has 0 spiro atoms. The van der Waals surface area contributed by atoms with Gasteiger partial charge in [-0.05, 0) is 31.0 Å². The van der Waals surface area contributed by atoms with E-state index in [-0.39, 0.29) is 17.9 Å². The molecule has 1 aromatic carbocycles. The minimum absolute atomic E-state index is 0.0135. The normalized spacial score (nSPS) is 14.6. The van der Waals surface area contributed by atoms with Gasteiger partial charge >= 0.3 is 0 Å². The smallest absolute Gasteiger partial charge is 0.289 e. The van der Waals surface area contributed by atoms with E-state index in [0.29, 0.717) is 42.9 Å². The number of nitrogens with one attached hydrogen (secondary N) is 1. The molecule has 31 heavy (non-hydrogen) atoms. The Labute approximate surface area is 178 Å². The molecule has 0 atom stereocenters. The van der Waals surface area contributed by atoms with Crippen LogP contribution in [0.5, 0.6) is 0 Å². The van der Waals surface area contributed by atoms with Crippen LogP contribution in [0.25, 0.3) is 16.9 Å². The van der Waals surface area contributed by atoms with Gasteiger partial charge in [0, 0.05) is 30.9 Å². The SMILES string of the molecule is O=C(NC1CCN(C(=O)c2ccco2)CC1)c1cnn2c(-c3ccccc3)ccnc12. The Kier molecular flexibility index (Phi) is 4.95. The van der Waals surface area contributed by atoms with Gasteiger partial charge in [-0.25, -0.2) is 9.50 Å². The van der Waals surface area contributed by atoms with Crippen molar-refractivity contribution in [2.45, 2.75) is 18.9 Å². The molecule has 4 aromatic rings. The standard InChI is InChI=1S/C23H21N5O3/c29-22(26-17-9-12-27(13-10-17)23(30)20-7-4-14-31-20)18-15-25-28-19(8-11-24-21(18)28)16-5-2-1-3-6-16/h1-8,11,14-15,17H,9-10,12-13H2,(H,26,29). The van der Waals surface area contributed by atoms with Crippen LogP contribution in [0.4, 0.5) is 0 Å². The molecule has 8 nitrogen and oxygen atoms in total. The average Bonchev–Trinajstić information content (AvgIpc) is 3.50. The maximum Gasteiger partial charge on any atom is 0.289 e. The fourth-order valence-electron chi connectivity index (χ4n) is 3.93. The van der Waals surface area contributed by atoms with E-state index < -0.39 is 0 Å². The van der Waals surface area contributed by atoms with Crippen LogP contribution in [0.1, 0.15) is 33.8 Å². The third-order valence-electron chi connectivity index (χ3n) is 5.56. The highest BCUT2D eigenvalue weighted by Crippen LogP contribution is 2.21. The van der Waals surface area contributed by atoms with Crippen LogP contribution < -0.4 is 5.32 Å². The first-order valence-electron chi connectivity index (χ1n) is 10.2. The van der Waals surface area contributed by atoms with Gasteiger partial charge in [0.05, 0.1) is 18.2 Å². The summed E-state index contributed by atoms with van der Waals surface area (Å²) < 4.78 is 6.88. The van der Waals surface area contributed by atoms with E-state index in [4.69, 9.17) is 4.42 Å². The van der Waals surface area contributed by atoms with Crippen molar-refractivity contribution in [1.29, 1.82) is 0 Å². The lowest BCUT2D eigenvalue weighted by Crippen LogP contribution is -2.46. The summed E-state index contributed by atoms with van der Waals surface area (Å²) in [7, 11) is 0. The van der Waals surface area contributed by atoms with Crippen molar-refractivity contribution in [3.8, 4) is 11.3 Å². The molecule has 1 saturated heterocycles. The van der Waals surface area contributed by atoms with Gasteiger partial charge < -0.3 is 14.6 Å². The number of nitrogens with zero attached hydrogens (tertiary/aromatic N) is 4. The molecule has 156 valence electrons. The molecule has 4 heterocycles. The summed E-state index contributed by atoms with van der Waals surface area (Å²) in [5, 5.41) is 7.48. The van der Waals surface area contributed by atoms with Crippen LogP contribution in [0.15, 0.2) is 71.6 Å². The number of rotatable bonds is 4. The molecule has 0 aliphatic carbocycles. The number of amides is 2. The van der Waals surface area contributed by atoms with Crippen molar-refractivity contribution in [2.24, 2.45) is 0 Å². The number of aromatic nitrogens is 3. The van der Waals surface area contributed by atoms with Crippen LogP contribution in [0, 0.1) is 0 Å². The Hall–Kier alpha value is -3.94. The number of benzene rings is 1. The first-order valence-corrected chi connectivity index (χ1v) is 10.2. The monoisotopic (exact) mass is 415 g/mol. The average molecular weight is 415 g/mol. The Morgan fingerprint density at radius 1 is 1.03 bits per heavy atom. The highest BCUT2D eigenvalue weighted by atomic mass is 16.3. The Morgan fingerprint density at radius 3 is 2.58 bits per heavy atom. The van der Waals surface area contributed by atoms with E-state index in [1.54, 1.807) is 33.9 Å². The van der Waals surface area contributed by atoms with Gasteiger partial charge in [-0.15, -0.1) is 0 Å². The lowest BCUT2D eigenvalue weighted by molar-refractivity contribution is 0.0667. The first-order chi connectivity index (χ1) is 15.2. The molecule has 1 N–H and O–H groups in total. The van der Waals surface area contributed by atoms with Crippen molar-refractivity contribution >= 4 is 17.5 Å². The summed E-state index contributed by atoms with van der Waals surface area (Å²) in [6, 6.07) is 15.1. The molecule has 8 heteroatoms. The second-order valence-corrected chi connectivity index (χ2v) is 7.51. The summed E-state index contributed by atoms with van der Waals surface area (Å²) in [5.41, 5.74) is 2.82. The van der Waals surface area contributed by atoms with E-state index in [0.717, 1.165) is 11.3 Å². The molecule has 0 bridgehead atoms. The van der Waals surface area contributed by atoms with Crippen molar-refractivity contribution in [2.75, 3.05) is 13.1 Å². The Balaban J connectivity index is 1.28. The van der Waals surface area contributed by atoms with Crippen LogP contribution >= 0.6 is 0 Å². The number of carbonyl (C=O) groups excluding carboxylic acids is 2. The minimum atomic E-state index is -0.205. The fraction of sp³-hybridized carbons (Fsp3) is 0.217. The van der Waals surface area contributed by atoms with Crippen LogP contribution in [-0.2, 0) is 0 Å². The quantitative estimate of drug-likeness (QED) is 0.553. The number of fused-ring (bicyclic) bond motifs is 1. The van der Waals surface area contributed by atoms with Gasteiger partial charge in [0.25, 0.3) is 11.8 Å². The molecule has 0 unspecified atom stereocenters. The highest BCUT2D eigenvalue weighted by molar-refractivity contribution is 6.00. The zero-order chi connectivity index (χ0) is 21.2. The van der Waals surface area contributed by atoms with Gasteiger partial charge in [-0.1, -0.05) is 30.3 Å².